The van der Waals surface area contributed by atoms with Gasteiger partial charge in [0.1, 0.15) is 0 Å². The van der Waals surface area contributed by atoms with Crippen LogP contribution in [0.2, 0.25) is 0 Å². The Morgan fingerprint density at radius 1 is 0.905 bits per heavy atom. The van der Waals surface area contributed by atoms with Crippen LogP contribution in [0.1, 0.15) is 37.4 Å². The molecule has 0 aliphatic rings. The molecule has 0 atom stereocenters. The fraction of sp³-hybridized carbons (Fsp3) is 0.111. The smallest absolute Gasteiger partial charge is 0.335 e. The van der Waals surface area contributed by atoms with Crippen molar-refractivity contribution in [1.29, 1.82) is 0 Å². The molecule has 0 aliphatic heterocycles. The molecule has 2 aromatic rings. The minimum Gasteiger partial charge on any atom is -0.478 e. The van der Waals surface area contributed by atoms with Crippen LogP contribution in [0.3, 0.4) is 0 Å². The van der Waals surface area contributed by atoms with Crippen molar-refractivity contribution < 1.29 is 14.7 Å². The van der Waals surface area contributed by atoms with Gasteiger partial charge in [0.05, 0.1) is 5.56 Å². The van der Waals surface area contributed by atoms with Gasteiger partial charge in [-0.3, -0.25) is 4.79 Å². The highest BCUT2D eigenvalue weighted by Gasteiger charge is 2.04. The van der Waals surface area contributed by atoms with Crippen LogP contribution in [0, 0.1) is 13.8 Å². The molecule has 0 spiro atoms. The molecule has 0 saturated heterocycles. The van der Waals surface area contributed by atoms with Gasteiger partial charge in [-0.05, 0) is 54.8 Å². The Hall–Kier alpha value is -2.68. The summed E-state index contributed by atoms with van der Waals surface area (Å²) in [6, 6.07) is 12.0. The van der Waals surface area contributed by atoms with Crippen LogP contribution in [0.4, 0.5) is 0 Å². The first-order chi connectivity index (χ1) is 9.97. The van der Waals surface area contributed by atoms with Gasteiger partial charge >= 0.3 is 5.97 Å². The lowest BCUT2D eigenvalue weighted by Crippen LogP contribution is -1.96. The quantitative estimate of drug-likeness (QED) is 0.682. The molecule has 1 N–H and O–H groups in total. The van der Waals surface area contributed by atoms with Gasteiger partial charge in [0, 0.05) is 5.56 Å². The second-order valence-corrected chi connectivity index (χ2v) is 4.92. The molecular weight excluding hydrogens is 264 g/mol. The maximum Gasteiger partial charge on any atom is 0.335 e. The molecule has 106 valence electrons. The van der Waals surface area contributed by atoms with E-state index in [-0.39, 0.29) is 11.3 Å². The molecule has 0 fully saturated rings. The number of rotatable bonds is 4. The molecule has 0 amide bonds. The topological polar surface area (TPSA) is 54.4 Å². The van der Waals surface area contributed by atoms with Crippen molar-refractivity contribution in [2.75, 3.05) is 0 Å². The van der Waals surface area contributed by atoms with Crippen molar-refractivity contribution in [3.8, 4) is 0 Å². The Morgan fingerprint density at radius 3 is 2.10 bits per heavy atom. The van der Waals surface area contributed by atoms with E-state index in [4.69, 9.17) is 5.11 Å². The third kappa shape index (κ3) is 3.66. The van der Waals surface area contributed by atoms with Crippen molar-refractivity contribution in [1.82, 2.24) is 0 Å². The van der Waals surface area contributed by atoms with Gasteiger partial charge in [0.15, 0.2) is 5.78 Å². The van der Waals surface area contributed by atoms with Gasteiger partial charge in [-0.25, -0.2) is 4.79 Å². The number of benzene rings is 2. The van der Waals surface area contributed by atoms with Crippen molar-refractivity contribution in [2.45, 2.75) is 13.8 Å². The molecule has 3 nitrogen and oxygen atoms in total. The van der Waals surface area contributed by atoms with E-state index in [9.17, 15) is 9.59 Å². The summed E-state index contributed by atoms with van der Waals surface area (Å²) in [6.45, 7) is 3.98. The van der Waals surface area contributed by atoms with Crippen LogP contribution in [0.25, 0.3) is 6.08 Å². The second kappa shape index (κ2) is 6.18. The number of allylic oxidation sites excluding steroid dienone is 1. The summed E-state index contributed by atoms with van der Waals surface area (Å²) in [5, 5.41) is 8.82. The third-order valence-electron chi connectivity index (χ3n) is 3.38. The SMILES string of the molecule is Cc1ccc(C(=O)/C=C/c2ccc(C(=O)O)cc2)cc1C. The summed E-state index contributed by atoms with van der Waals surface area (Å²) in [7, 11) is 0. The zero-order valence-electron chi connectivity index (χ0n) is 12.0. The Morgan fingerprint density at radius 2 is 1.52 bits per heavy atom. The van der Waals surface area contributed by atoms with Crippen LogP contribution >= 0.6 is 0 Å². The van der Waals surface area contributed by atoms with Crippen LogP contribution in [0.5, 0.6) is 0 Å². The first-order valence-electron chi connectivity index (χ1n) is 6.60. The average molecular weight is 280 g/mol. The van der Waals surface area contributed by atoms with Crippen LogP contribution in [-0.2, 0) is 0 Å². The maximum atomic E-state index is 12.1. The number of carboxylic acid groups (broad SMARTS) is 1. The van der Waals surface area contributed by atoms with Crippen molar-refractivity contribution >= 4 is 17.8 Å². The minimum atomic E-state index is -0.961. The van der Waals surface area contributed by atoms with E-state index in [1.165, 1.54) is 18.2 Å². The molecule has 0 aromatic heterocycles. The number of aryl methyl sites for hydroxylation is 2. The Bertz CT molecular complexity index is 710. The Kier molecular flexibility index (Phi) is 4.33. The number of hydrogen-bond acceptors (Lipinski definition) is 2. The predicted octanol–water partition coefficient (Wildman–Crippen LogP) is 3.90. The summed E-state index contributed by atoms with van der Waals surface area (Å²) in [5.74, 6) is -1.03. The van der Waals surface area contributed by atoms with Crippen LogP contribution in [0.15, 0.2) is 48.5 Å². The lowest BCUT2D eigenvalue weighted by molar-refractivity contribution is 0.0696. The lowest BCUT2D eigenvalue weighted by atomic mass is 10.0. The highest BCUT2D eigenvalue weighted by Crippen LogP contribution is 2.12. The predicted molar refractivity (Wildman–Crippen MR) is 82.7 cm³/mol. The van der Waals surface area contributed by atoms with E-state index in [2.05, 4.69) is 0 Å². The first-order valence-corrected chi connectivity index (χ1v) is 6.60. The molecular formula is C18H16O3. The fourth-order valence-corrected chi connectivity index (χ4v) is 1.90. The number of ketones is 1. The van der Waals surface area contributed by atoms with E-state index in [0.29, 0.717) is 5.56 Å². The molecule has 21 heavy (non-hydrogen) atoms. The van der Waals surface area contributed by atoms with Gasteiger partial charge in [-0.2, -0.15) is 0 Å². The van der Waals surface area contributed by atoms with E-state index >= 15 is 0 Å². The molecule has 3 heteroatoms. The monoisotopic (exact) mass is 280 g/mol. The van der Waals surface area contributed by atoms with Gasteiger partial charge in [-0.15, -0.1) is 0 Å². The zero-order chi connectivity index (χ0) is 15.4. The molecule has 0 unspecified atom stereocenters. The lowest BCUT2D eigenvalue weighted by Gasteiger charge is -2.02. The number of carbonyl (C=O) groups is 2. The summed E-state index contributed by atoms with van der Waals surface area (Å²) in [6.07, 6.45) is 3.18. The number of hydrogen-bond donors (Lipinski definition) is 1. The first kappa shape index (κ1) is 14.7. The summed E-state index contributed by atoms with van der Waals surface area (Å²) in [5.41, 5.74) is 3.90. The standard InChI is InChI=1S/C18H16O3/c1-12-3-7-16(11-13(12)2)17(19)10-6-14-4-8-15(9-5-14)18(20)21/h3-11H,1-2H3,(H,20,21)/b10-6+. The number of aromatic carboxylic acids is 1. The molecule has 2 rings (SSSR count). The Labute approximate surface area is 123 Å². The zero-order valence-corrected chi connectivity index (χ0v) is 12.0. The summed E-state index contributed by atoms with van der Waals surface area (Å²) >= 11 is 0. The molecule has 0 aliphatic carbocycles. The molecule has 0 heterocycles. The largest absolute Gasteiger partial charge is 0.478 e. The summed E-state index contributed by atoms with van der Waals surface area (Å²) < 4.78 is 0. The van der Waals surface area contributed by atoms with Crippen molar-refractivity contribution in [2.24, 2.45) is 0 Å². The highest BCUT2D eigenvalue weighted by atomic mass is 16.4. The normalized spacial score (nSPS) is 10.8. The van der Waals surface area contributed by atoms with Crippen LogP contribution in [-0.4, -0.2) is 16.9 Å². The highest BCUT2D eigenvalue weighted by molar-refractivity contribution is 6.07. The van der Waals surface area contributed by atoms with Gasteiger partial charge in [-0.1, -0.05) is 30.3 Å². The number of carbonyl (C=O) groups excluding carboxylic acids is 1. The van der Waals surface area contributed by atoms with E-state index in [0.717, 1.165) is 16.7 Å². The van der Waals surface area contributed by atoms with Gasteiger partial charge in [0.25, 0.3) is 0 Å². The van der Waals surface area contributed by atoms with Crippen LogP contribution < -0.4 is 0 Å². The molecule has 0 radical (unpaired) electrons. The third-order valence-corrected chi connectivity index (χ3v) is 3.38. The van der Waals surface area contributed by atoms with E-state index in [1.54, 1.807) is 18.2 Å². The van der Waals surface area contributed by atoms with Crippen molar-refractivity contribution in [3.63, 3.8) is 0 Å². The molecule has 0 bridgehead atoms. The van der Waals surface area contributed by atoms with E-state index < -0.39 is 5.97 Å². The fourth-order valence-electron chi connectivity index (χ4n) is 1.90. The second-order valence-electron chi connectivity index (χ2n) is 4.92. The minimum absolute atomic E-state index is 0.0691. The average Bonchev–Trinajstić information content (AvgIpc) is 2.48. The summed E-state index contributed by atoms with van der Waals surface area (Å²) in [4.78, 5) is 22.8. The Balaban J connectivity index is 2.14. The van der Waals surface area contributed by atoms with Gasteiger partial charge in [0.2, 0.25) is 0 Å². The molecule has 2 aromatic carbocycles. The molecule has 0 saturated carbocycles. The van der Waals surface area contributed by atoms with Gasteiger partial charge < -0.3 is 5.11 Å². The maximum absolute atomic E-state index is 12.1. The number of carboxylic acids is 1. The van der Waals surface area contributed by atoms with E-state index in [1.807, 2.05) is 32.0 Å². The van der Waals surface area contributed by atoms with Crippen molar-refractivity contribution in [3.05, 3.63) is 76.4 Å².